The lowest BCUT2D eigenvalue weighted by molar-refractivity contribution is -0.885. The van der Waals surface area contributed by atoms with E-state index in [0.717, 1.165) is 32.3 Å². The first kappa shape index (κ1) is 18.2. The van der Waals surface area contributed by atoms with E-state index in [2.05, 4.69) is 5.32 Å². The molecule has 0 aliphatic carbocycles. The third-order valence-corrected chi connectivity index (χ3v) is 4.57. The molecule has 0 fully saturated rings. The van der Waals surface area contributed by atoms with Gasteiger partial charge in [-0.15, -0.1) is 0 Å². The zero-order valence-electron chi connectivity index (χ0n) is 14.7. The Kier molecular flexibility index (Phi) is 6.05. The number of amides is 1. The minimum atomic E-state index is -0.0158. The van der Waals surface area contributed by atoms with E-state index in [0.29, 0.717) is 13.1 Å². The van der Waals surface area contributed by atoms with Crippen LogP contribution < -0.4 is 10.2 Å². The Labute approximate surface area is 159 Å². The molecule has 0 aromatic heterocycles. The Morgan fingerprint density at radius 3 is 2.35 bits per heavy atom. The largest absolute Gasteiger partial charge is 0.326 e. The summed E-state index contributed by atoms with van der Waals surface area (Å²) in [5, 5.41) is 3.79. The van der Waals surface area contributed by atoms with Crippen molar-refractivity contribution in [3.05, 3.63) is 89.4 Å². The molecule has 3 aromatic carbocycles. The quantitative estimate of drug-likeness (QED) is 0.686. The summed E-state index contributed by atoms with van der Waals surface area (Å²) < 4.78 is 0. The van der Waals surface area contributed by atoms with E-state index >= 15 is 0 Å². The molecule has 0 saturated heterocycles. The second-order valence-electron chi connectivity index (χ2n) is 6.36. The van der Waals surface area contributed by atoms with Gasteiger partial charge in [-0.1, -0.05) is 78.3 Å². The topological polar surface area (TPSA) is 33.5 Å². The van der Waals surface area contributed by atoms with Crippen molar-refractivity contribution in [3.8, 4) is 11.1 Å². The van der Waals surface area contributed by atoms with Crippen molar-refractivity contribution in [3.63, 3.8) is 0 Å². The molecule has 1 unspecified atom stereocenters. The first-order valence-electron chi connectivity index (χ1n) is 8.62. The third kappa shape index (κ3) is 4.72. The number of carbonyl (C=O) groups excluding carboxylic acids is 1. The zero-order valence-corrected chi connectivity index (χ0v) is 15.5. The van der Waals surface area contributed by atoms with E-state index in [4.69, 9.17) is 11.6 Å². The van der Waals surface area contributed by atoms with Gasteiger partial charge in [-0.05, 0) is 17.7 Å². The van der Waals surface area contributed by atoms with E-state index < -0.39 is 0 Å². The summed E-state index contributed by atoms with van der Waals surface area (Å²) in [6, 6.07) is 25.7. The summed E-state index contributed by atoms with van der Waals surface area (Å²) in [6.45, 7) is 1.07. The Morgan fingerprint density at radius 2 is 1.58 bits per heavy atom. The van der Waals surface area contributed by atoms with Crippen LogP contribution in [0.2, 0.25) is 5.02 Å². The number of likely N-dealkylation sites (N-methyl/N-ethyl adjacent to an activating group) is 1. The molecular formula is C22H22ClN2O+. The van der Waals surface area contributed by atoms with Crippen LogP contribution in [0.3, 0.4) is 0 Å². The molecular weight excluding hydrogens is 344 g/mol. The first-order valence-corrected chi connectivity index (χ1v) is 9.00. The molecule has 0 aliphatic rings. The van der Waals surface area contributed by atoms with Crippen molar-refractivity contribution in [1.29, 1.82) is 0 Å². The predicted molar refractivity (Wildman–Crippen MR) is 107 cm³/mol. The normalized spacial score (nSPS) is 11.8. The van der Waals surface area contributed by atoms with Crippen molar-refractivity contribution in [2.45, 2.75) is 6.54 Å². The van der Waals surface area contributed by atoms with Crippen LogP contribution in [0.4, 0.5) is 5.69 Å². The van der Waals surface area contributed by atoms with E-state index in [1.807, 2.05) is 85.9 Å². The summed E-state index contributed by atoms with van der Waals surface area (Å²) in [4.78, 5) is 13.6. The molecule has 0 saturated carbocycles. The highest BCUT2D eigenvalue weighted by molar-refractivity contribution is 6.31. The lowest BCUT2D eigenvalue weighted by Gasteiger charge is -2.16. The Morgan fingerprint density at radius 1 is 0.923 bits per heavy atom. The predicted octanol–water partition coefficient (Wildman–Crippen LogP) is 3.66. The van der Waals surface area contributed by atoms with Gasteiger partial charge in [0.25, 0.3) is 5.91 Å². The number of halogens is 1. The molecule has 2 N–H and O–H groups in total. The van der Waals surface area contributed by atoms with Gasteiger partial charge in [-0.3, -0.25) is 4.79 Å². The van der Waals surface area contributed by atoms with Crippen molar-refractivity contribution >= 4 is 23.2 Å². The number of anilines is 1. The number of carbonyl (C=O) groups is 1. The van der Waals surface area contributed by atoms with E-state index in [1.54, 1.807) is 0 Å². The second kappa shape index (κ2) is 8.65. The van der Waals surface area contributed by atoms with Crippen LogP contribution in [0.1, 0.15) is 5.56 Å². The first-order chi connectivity index (χ1) is 12.6. The van der Waals surface area contributed by atoms with E-state index in [-0.39, 0.29) is 5.91 Å². The van der Waals surface area contributed by atoms with Gasteiger partial charge in [-0.2, -0.15) is 0 Å². The van der Waals surface area contributed by atoms with Crippen molar-refractivity contribution < 1.29 is 9.69 Å². The molecule has 3 aromatic rings. The Bertz CT molecular complexity index is 880. The number of hydrogen-bond donors (Lipinski definition) is 2. The summed E-state index contributed by atoms with van der Waals surface area (Å²) in [5.74, 6) is -0.0158. The molecule has 1 amide bonds. The van der Waals surface area contributed by atoms with Gasteiger partial charge < -0.3 is 10.2 Å². The van der Waals surface area contributed by atoms with Gasteiger partial charge in [0.2, 0.25) is 0 Å². The number of para-hydroxylation sites is 1. The highest BCUT2D eigenvalue weighted by Gasteiger charge is 2.14. The smallest absolute Gasteiger partial charge is 0.279 e. The summed E-state index contributed by atoms with van der Waals surface area (Å²) in [6.07, 6.45) is 0. The maximum absolute atomic E-state index is 12.5. The van der Waals surface area contributed by atoms with Gasteiger partial charge in [-0.25, -0.2) is 0 Å². The molecule has 132 valence electrons. The number of hydrogen-bond acceptors (Lipinski definition) is 1. The molecule has 4 heteroatoms. The standard InChI is InChI=1S/C22H21ClN2O/c1-25(15-18-11-5-7-13-20(18)23)16-22(26)24-21-14-8-6-12-19(21)17-9-3-2-4-10-17/h2-14H,15-16H2,1H3,(H,24,26)/p+1. The maximum atomic E-state index is 12.5. The van der Waals surface area contributed by atoms with Crippen LogP contribution in [0.5, 0.6) is 0 Å². The van der Waals surface area contributed by atoms with Crippen molar-refractivity contribution in [2.24, 2.45) is 0 Å². The van der Waals surface area contributed by atoms with Crippen LogP contribution >= 0.6 is 11.6 Å². The average Bonchev–Trinajstić information content (AvgIpc) is 2.64. The molecule has 3 rings (SSSR count). The molecule has 0 bridgehead atoms. The van der Waals surface area contributed by atoms with Crippen molar-refractivity contribution in [2.75, 3.05) is 18.9 Å². The Hall–Kier alpha value is -2.62. The summed E-state index contributed by atoms with van der Waals surface area (Å²) in [7, 11) is 1.99. The van der Waals surface area contributed by atoms with Crippen LogP contribution in [-0.4, -0.2) is 19.5 Å². The molecule has 26 heavy (non-hydrogen) atoms. The number of quaternary nitrogens is 1. The van der Waals surface area contributed by atoms with Crippen LogP contribution in [0, 0.1) is 0 Å². The minimum absolute atomic E-state index is 0.0158. The summed E-state index contributed by atoms with van der Waals surface area (Å²) in [5.41, 5.74) is 3.98. The molecule has 0 aliphatic heterocycles. The third-order valence-electron chi connectivity index (χ3n) is 4.20. The van der Waals surface area contributed by atoms with Crippen LogP contribution in [0.25, 0.3) is 11.1 Å². The van der Waals surface area contributed by atoms with E-state index in [1.165, 1.54) is 0 Å². The lowest BCUT2D eigenvalue weighted by atomic mass is 10.0. The maximum Gasteiger partial charge on any atom is 0.279 e. The lowest BCUT2D eigenvalue weighted by Crippen LogP contribution is -3.08. The van der Waals surface area contributed by atoms with Gasteiger partial charge in [0, 0.05) is 21.8 Å². The molecule has 3 nitrogen and oxygen atoms in total. The van der Waals surface area contributed by atoms with Crippen LogP contribution in [0.15, 0.2) is 78.9 Å². The molecule has 0 spiro atoms. The van der Waals surface area contributed by atoms with Gasteiger partial charge in [0.05, 0.1) is 7.05 Å². The van der Waals surface area contributed by atoms with Crippen LogP contribution in [-0.2, 0) is 11.3 Å². The molecule has 0 heterocycles. The fraction of sp³-hybridized carbons (Fsp3) is 0.136. The fourth-order valence-electron chi connectivity index (χ4n) is 2.96. The fourth-order valence-corrected chi connectivity index (χ4v) is 3.16. The highest BCUT2D eigenvalue weighted by atomic mass is 35.5. The van der Waals surface area contributed by atoms with E-state index in [9.17, 15) is 4.79 Å². The summed E-state index contributed by atoms with van der Waals surface area (Å²) >= 11 is 6.21. The highest BCUT2D eigenvalue weighted by Crippen LogP contribution is 2.27. The average molecular weight is 366 g/mol. The van der Waals surface area contributed by atoms with Gasteiger partial charge in [0.15, 0.2) is 6.54 Å². The monoisotopic (exact) mass is 365 g/mol. The number of benzene rings is 3. The molecule has 0 radical (unpaired) electrons. The van der Waals surface area contributed by atoms with Crippen molar-refractivity contribution in [1.82, 2.24) is 0 Å². The minimum Gasteiger partial charge on any atom is -0.326 e. The number of nitrogens with one attached hydrogen (secondary N) is 2. The molecule has 1 atom stereocenters. The number of rotatable bonds is 6. The second-order valence-corrected chi connectivity index (χ2v) is 6.77. The van der Waals surface area contributed by atoms with Gasteiger partial charge >= 0.3 is 0 Å². The Balaban J connectivity index is 1.66. The van der Waals surface area contributed by atoms with Gasteiger partial charge in [0.1, 0.15) is 6.54 Å². The zero-order chi connectivity index (χ0) is 18.4. The SMILES string of the molecule is C[NH+](CC(=O)Nc1ccccc1-c1ccccc1)Cc1ccccc1Cl.